The third-order valence-corrected chi connectivity index (χ3v) is 4.56. The van der Waals surface area contributed by atoms with E-state index in [0.29, 0.717) is 22.4 Å². The van der Waals surface area contributed by atoms with Gasteiger partial charge in [-0.05, 0) is 6.07 Å². The number of nitrogens with zero attached hydrogens (tertiary/aromatic N) is 3. The summed E-state index contributed by atoms with van der Waals surface area (Å²) >= 11 is 0. The molecule has 2 atom stereocenters. The van der Waals surface area contributed by atoms with Crippen molar-refractivity contribution in [3.8, 4) is 11.5 Å². The number of benzene rings is 1. The van der Waals surface area contributed by atoms with Crippen molar-refractivity contribution in [1.82, 2.24) is 9.97 Å². The molecule has 0 unspecified atom stereocenters. The van der Waals surface area contributed by atoms with Gasteiger partial charge >= 0.3 is 12.1 Å². The molecule has 0 spiro atoms. The van der Waals surface area contributed by atoms with Gasteiger partial charge < -0.3 is 25.2 Å². The molecule has 0 bridgehead atoms. The number of ether oxygens (including phenoxy) is 2. The minimum atomic E-state index is -4.64. The number of carboxylic acids is 1. The van der Waals surface area contributed by atoms with Crippen LogP contribution in [0.5, 0.6) is 11.5 Å². The Kier molecular flexibility index (Phi) is 4.62. The smallest absolute Gasteiger partial charge is 0.394 e. The summed E-state index contributed by atoms with van der Waals surface area (Å²) in [6, 6.07) is 3.09. The van der Waals surface area contributed by atoms with Crippen LogP contribution in [0.1, 0.15) is 0 Å². The summed E-state index contributed by atoms with van der Waals surface area (Å²) < 4.78 is 49.9. The lowest BCUT2D eigenvalue weighted by Gasteiger charge is -2.19. The maximum atomic E-state index is 13.2. The number of hydrogen-bond donors (Lipinski definition) is 2. The average molecular weight is 386 g/mol. The number of halogens is 3. The highest BCUT2D eigenvalue weighted by Crippen LogP contribution is 2.40. The number of carbonyl (C=O) groups is 1. The molecule has 0 aliphatic carbocycles. The first kappa shape index (κ1) is 18.8. The molecule has 0 radical (unpaired) electrons. The second-order valence-electron chi connectivity index (χ2n) is 6.13. The average Bonchev–Trinajstić information content (AvgIpc) is 3.06. The fourth-order valence-corrected chi connectivity index (χ4v) is 3.16. The number of methoxy groups -OCH3 is 2. The second-order valence-corrected chi connectivity index (χ2v) is 6.13. The minimum absolute atomic E-state index is 0.0401. The van der Waals surface area contributed by atoms with E-state index >= 15 is 0 Å². The molecule has 27 heavy (non-hydrogen) atoms. The molecule has 0 saturated carbocycles. The van der Waals surface area contributed by atoms with Crippen LogP contribution >= 0.6 is 0 Å². The van der Waals surface area contributed by atoms with Crippen molar-refractivity contribution in [3.05, 3.63) is 12.1 Å². The summed E-state index contributed by atoms with van der Waals surface area (Å²) in [5.41, 5.74) is 6.29. The zero-order valence-electron chi connectivity index (χ0n) is 14.4. The summed E-state index contributed by atoms with van der Waals surface area (Å²) in [7, 11) is 2.88. The van der Waals surface area contributed by atoms with E-state index in [4.69, 9.17) is 20.3 Å². The number of nitrogens with two attached hydrogens (primary N) is 1. The van der Waals surface area contributed by atoms with Gasteiger partial charge in [0.2, 0.25) is 5.95 Å². The quantitative estimate of drug-likeness (QED) is 0.820. The number of aromatic nitrogens is 2. The molecule has 1 aromatic heterocycles. The minimum Gasteiger partial charge on any atom is -0.493 e. The molecule has 3 N–H and O–H groups in total. The van der Waals surface area contributed by atoms with Gasteiger partial charge in [0.05, 0.1) is 31.6 Å². The maximum absolute atomic E-state index is 13.2. The fourth-order valence-electron chi connectivity index (χ4n) is 3.16. The molecular formula is C16H17F3N4O4. The van der Waals surface area contributed by atoms with E-state index in [1.54, 1.807) is 6.07 Å². The van der Waals surface area contributed by atoms with Gasteiger partial charge in [0.1, 0.15) is 5.82 Å². The molecule has 2 aromatic rings. The van der Waals surface area contributed by atoms with Crippen LogP contribution < -0.4 is 20.1 Å². The van der Waals surface area contributed by atoms with Crippen LogP contribution in [0.3, 0.4) is 0 Å². The predicted octanol–water partition coefficient (Wildman–Crippen LogP) is 1.93. The van der Waals surface area contributed by atoms with Gasteiger partial charge in [-0.25, -0.2) is 4.98 Å². The molecule has 1 aliphatic rings. The molecule has 146 valence electrons. The van der Waals surface area contributed by atoms with Gasteiger partial charge in [-0.3, -0.25) is 4.79 Å². The van der Waals surface area contributed by atoms with Crippen LogP contribution in [0.15, 0.2) is 12.1 Å². The van der Waals surface area contributed by atoms with Crippen LogP contribution in [0.4, 0.5) is 24.9 Å². The standard InChI is InChI=1S/C16H17F3N4O4/c1-26-11-3-7-10(4-12(11)27-2)21-15(22-13(7)20)23-5-8(14(24)25)9(6-23)16(17,18)19/h3-4,8-9H,5-6H2,1-2H3,(H,24,25)(H2,20,21,22)/t8-,9-/m1/s1. The van der Waals surface area contributed by atoms with Crippen LogP contribution in [0.2, 0.25) is 0 Å². The van der Waals surface area contributed by atoms with Crippen molar-refractivity contribution in [2.45, 2.75) is 6.18 Å². The van der Waals surface area contributed by atoms with Gasteiger partial charge in [-0.1, -0.05) is 0 Å². The number of rotatable bonds is 4. The lowest BCUT2D eigenvalue weighted by atomic mass is 9.96. The van der Waals surface area contributed by atoms with Gasteiger partial charge in [0.25, 0.3) is 0 Å². The van der Waals surface area contributed by atoms with E-state index in [9.17, 15) is 18.0 Å². The maximum Gasteiger partial charge on any atom is 0.394 e. The summed E-state index contributed by atoms with van der Waals surface area (Å²) in [6.07, 6.45) is -4.64. The topological polar surface area (TPSA) is 111 Å². The Balaban J connectivity index is 2.03. The predicted molar refractivity (Wildman–Crippen MR) is 89.9 cm³/mol. The highest BCUT2D eigenvalue weighted by atomic mass is 19.4. The highest BCUT2D eigenvalue weighted by Gasteiger charge is 2.53. The fraction of sp³-hybridized carbons (Fsp3) is 0.438. The van der Waals surface area contributed by atoms with Gasteiger partial charge in [-0.2, -0.15) is 18.2 Å². The Morgan fingerprint density at radius 1 is 1.22 bits per heavy atom. The number of nitrogen functional groups attached to an aromatic ring is 1. The van der Waals surface area contributed by atoms with Crippen molar-refractivity contribution >= 4 is 28.6 Å². The highest BCUT2D eigenvalue weighted by molar-refractivity contribution is 5.91. The molecule has 8 nitrogen and oxygen atoms in total. The van der Waals surface area contributed by atoms with Gasteiger partial charge in [0, 0.05) is 24.5 Å². The van der Waals surface area contributed by atoms with E-state index in [1.165, 1.54) is 25.2 Å². The van der Waals surface area contributed by atoms with E-state index in [1.807, 2.05) is 0 Å². The number of aliphatic carboxylic acids is 1. The zero-order valence-corrected chi connectivity index (χ0v) is 14.4. The number of fused-ring (bicyclic) bond motifs is 1. The van der Waals surface area contributed by atoms with Crippen molar-refractivity contribution in [3.63, 3.8) is 0 Å². The van der Waals surface area contributed by atoms with E-state index in [2.05, 4.69) is 9.97 Å². The largest absolute Gasteiger partial charge is 0.493 e. The Hall–Kier alpha value is -2.98. The SMILES string of the molecule is COc1cc2nc(N3C[C@@H](C(F)(F)F)[C@H](C(=O)O)C3)nc(N)c2cc1OC. The monoisotopic (exact) mass is 386 g/mol. The van der Waals surface area contributed by atoms with Gasteiger partial charge in [0.15, 0.2) is 11.5 Å². The van der Waals surface area contributed by atoms with Crippen LogP contribution in [0.25, 0.3) is 10.9 Å². The molecule has 1 fully saturated rings. The summed E-state index contributed by atoms with van der Waals surface area (Å²) in [4.78, 5) is 20.7. The first-order valence-electron chi connectivity index (χ1n) is 7.89. The second kappa shape index (κ2) is 6.63. The van der Waals surface area contributed by atoms with Crippen molar-refractivity contribution in [1.29, 1.82) is 0 Å². The third kappa shape index (κ3) is 3.36. The lowest BCUT2D eigenvalue weighted by Crippen LogP contribution is -2.33. The van der Waals surface area contributed by atoms with E-state index in [-0.39, 0.29) is 18.3 Å². The van der Waals surface area contributed by atoms with Crippen molar-refractivity contribution in [2.75, 3.05) is 37.9 Å². The summed E-state index contributed by atoms with van der Waals surface area (Å²) in [5.74, 6) is -4.38. The van der Waals surface area contributed by atoms with Crippen LogP contribution in [0, 0.1) is 11.8 Å². The van der Waals surface area contributed by atoms with Gasteiger partial charge in [-0.15, -0.1) is 0 Å². The summed E-state index contributed by atoms with van der Waals surface area (Å²) in [5, 5.41) is 9.58. The molecule has 0 amide bonds. The number of carboxylic acid groups (broad SMARTS) is 1. The number of anilines is 2. The molecular weight excluding hydrogens is 369 g/mol. The first-order valence-corrected chi connectivity index (χ1v) is 7.89. The Labute approximate surface area is 151 Å². The first-order chi connectivity index (χ1) is 12.7. The molecule has 1 aliphatic heterocycles. The van der Waals surface area contributed by atoms with Crippen LogP contribution in [-0.2, 0) is 4.79 Å². The zero-order chi connectivity index (χ0) is 19.9. The molecule has 1 aromatic carbocycles. The van der Waals surface area contributed by atoms with E-state index < -0.39 is 30.5 Å². The molecule has 1 saturated heterocycles. The lowest BCUT2D eigenvalue weighted by molar-refractivity contribution is -0.187. The van der Waals surface area contributed by atoms with Crippen LogP contribution in [-0.4, -0.2) is 54.5 Å². The Morgan fingerprint density at radius 3 is 2.37 bits per heavy atom. The van der Waals surface area contributed by atoms with Crippen molar-refractivity contribution < 1.29 is 32.5 Å². The van der Waals surface area contributed by atoms with E-state index in [0.717, 1.165) is 0 Å². The number of alkyl halides is 3. The number of hydrogen-bond acceptors (Lipinski definition) is 7. The molecule has 3 rings (SSSR count). The third-order valence-electron chi connectivity index (χ3n) is 4.56. The Morgan fingerprint density at radius 2 is 1.85 bits per heavy atom. The summed E-state index contributed by atoms with van der Waals surface area (Å²) in [6.45, 7) is -0.920. The molecule has 11 heteroatoms. The van der Waals surface area contributed by atoms with Crippen molar-refractivity contribution in [2.24, 2.45) is 11.8 Å². The Bertz CT molecular complexity index is 890. The normalized spacial score (nSPS) is 20.1. The molecule has 2 heterocycles.